The predicted molar refractivity (Wildman–Crippen MR) is 81.9 cm³/mol. The van der Waals surface area contributed by atoms with E-state index in [1.54, 1.807) is 0 Å². The summed E-state index contributed by atoms with van der Waals surface area (Å²) in [6.45, 7) is 7.43. The number of hydrogen-bond donors (Lipinski definition) is 0. The maximum atomic E-state index is 5.28. The van der Waals surface area contributed by atoms with Crippen LogP contribution in [0.5, 0.6) is 11.5 Å². The van der Waals surface area contributed by atoms with Crippen LogP contribution >= 0.6 is 0 Å². The standard InChI is InChI=1S/C18H18O2/c1-3-5-15-7-11-17(12-8-15)19-20-18-13-9-16(6-4-2)10-14-18/h3-4,7-14H,1-2,5-6H2. The Bertz CT molecular complexity index is 499. The van der Waals surface area contributed by atoms with E-state index in [0.29, 0.717) is 11.5 Å². The Morgan fingerprint density at radius 1 is 0.650 bits per heavy atom. The minimum Gasteiger partial charge on any atom is -0.290 e. The SMILES string of the molecule is C=CCc1ccc(OOc2ccc(CC=C)cc2)cc1. The Morgan fingerprint density at radius 2 is 1.00 bits per heavy atom. The Labute approximate surface area is 119 Å². The van der Waals surface area contributed by atoms with Crippen molar-refractivity contribution in [2.75, 3.05) is 0 Å². The summed E-state index contributed by atoms with van der Waals surface area (Å²) in [5, 5.41) is 0. The second-order valence-corrected chi connectivity index (χ2v) is 4.44. The van der Waals surface area contributed by atoms with Gasteiger partial charge in [0.2, 0.25) is 0 Å². The van der Waals surface area contributed by atoms with Gasteiger partial charge in [0, 0.05) is 0 Å². The molecule has 0 aliphatic carbocycles. The van der Waals surface area contributed by atoms with E-state index in [-0.39, 0.29) is 0 Å². The van der Waals surface area contributed by atoms with Crippen LogP contribution in [0.2, 0.25) is 0 Å². The molecule has 0 unspecified atom stereocenters. The molecular weight excluding hydrogens is 248 g/mol. The van der Waals surface area contributed by atoms with E-state index in [4.69, 9.17) is 9.78 Å². The first-order chi connectivity index (χ1) is 9.81. The van der Waals surface area contributed by atoms with Gasteiger partial charge in [0.1, 0.15) is 0 Å². The molecule has 0 fully saturated rings. The van der Waals surface area contributed by atoms with Gasteiger partial charge in [-0.05, 0) is 48.2 Å². The molecule has 2 aromatic rings. The molecule has 2 heteroatoms. The Morgan fingerprint density at radius 3 is 1.30 bits per heavy atom. The minimum atomic E-state index is 0.674. The molecule has 102 valence electrons. The third kappa shape index (κ3) is 4.02. The lowest BCUT2D eigenvalue weighted by Crippen LogP contribution is -2.00. The highest BCUT2D eigenvalue weighted by Gasteiger charge is 1.99. The Hall–Kier alpha value is -2.48. The highest BCUT2D eigenvalue weighted by atomic mass is 17.2. The molecule has 2 aromatic carbocycles. The molecule has 2 rings (SSSR count). The van der Waals surface area contributed by atoms with Gasteiger partial charge < -0.3 is 0 Å². The number of hydrogen-bond acceptors (Lipinski definition) is 2. The molecule has 0 aliphatic heterocycles. The molecule has 0 spiro atoms. The Balaban J connectivity index is 1.90. The Kier molecular flexibility index (Phi) is 5.01. The lowest BCUT2D eigenvalue weighted by Gasteiger charge is -2.06. The van der Waals surface area contributed by atoms with Gasteiger partial charge in [-0.25, -0.2) is 0 Å². The smallest absolute Gasteiger partial charge is 0.178 e. The van der Waals surface area contributed by atoms with Crippen molar-refractivity contribution in [1.82, 2.24) is 0 Å². The fraction of sp³-hybridized carbons (Fsp3) is 0.111. The zero-order valence-corrected chi connectivity index (χ0v) is 11.4. The number of allylic oxidation sites excluding steroid dienone is 2. The van der Waals surface area contributed by atoms with Crippen LogP contribution in [0.25, 0.3) is 0 Å². The summed E-state index contributed by atoms with van der Waals surface area (Å²) < 4.78 is 0. The van der Waals surface area contributed by atoms with E-state index in [9.17, 15) is 0 Å². The van der Waals surface area contributed by atoms with Crippen molar-refractivity contribution in [2.45, 2.75) is 12.8 Å². The van der Waals surface area contributed by atoms with Crippen molar-refractivity contribution in [3.63, 3.8) is 0 Å². The van der Waals surface area contributed by atoms with Crippen molar-refractivity contribution in [3.8, 4) is 11.5 Å². The normalized spacial score (nSPS) is 9.80. The van der Waals surface area contributed by atoms with Gasteiger partial charge in [0.15, 0.2) is 11.5 Å². The predicted octanol–water partition coefficient (Wildman–Crippen LogP) is 4.52. The summed E-state index contributed by atoms with van der Waals surface area (Å²) in [4.78, 5) is 10.6. The molecule has 0 amide bonds. The summed E-state index contributed by atoms with van der Waals surface area (Å²) in [6, 6.07) is 15.5. The summed E-state index contributed by atoms with van der Waals surface area (Å²) >= 11 is 0. The van der Waals surface area contributed by atoms with E-state index >= 15 is 0 Å². The van der Waals surface area contributed by atoms with Crippen LogP contribution in [-0.4, -0.2) is 0 Å². The fourth-order valence-corrected chi connectivity index (χ4v) is 1.79. The second kappa shape index (κ2) is 7.19. The number of rotatable bonds is 7. The summed E-state index contributed by atoms with van der Waals surface area (Å²) in [5.41, 5.74) is 2.39. The van der Waals surface area contributed by atoms with Crippen LogP contribution in [0, 0.1) is 0 Å². The summed E-state index contributed by atoms with van der Waals surface area (Å²) in [5.74, 6) is 1.35. The monoisotopic (exact) mass is 266 g/mol. The zero-order chi connectivity index (χ0) is 14.2. The minimum absolute atomic E-state index is 0.674. The van der Waals surface area contributed by atoms with E-state index in [0.717, 1.165) is 12.8 Å². The summed E-state index contributed by atoms with van der Waals surface area (Å²) in [7, 11) is 0. The molecular formula is C18H18O2. The molecule has 0 saturated heterocycles. The van der Waals surface area contributed by atoms with Gasteiger partial charge >= 0.3 is 0 Å². The molecule has 0 aliphatic rings. The highest BCUT2D eigenvalue weighted by Crippen LogP contribution is 2.17. The van der Waals surface area contributed by atoms with Crippen LogP contribution < -0.4 is 9.78 Å². The topological polar surface area (TPSA) is 18.5 Å². The molecule has 0 saturated carbocycles. The lowest BCUT2D eigenvalue weighted by molar-refractivity contribution is -0.0999. The largest absolute Gasteiger partial charge is 0.290 e. The molecule has 0 heterocycles. The molecule has 20 heavy (non-hydrogen) atoms. The van der Waals surface area contributed by atoms with Gasteiger partial charge in [-0.3, -0.25) is 9.78 Å². The first kappa shape index (κ1) is 13.9. The molecule has 0 bridgehead atoms. The van der Waals surface area contributed by atoms with E-state index < -0.39 is 0 Å². The second-order valence-electron chi connectivity index (χ2n) is 4.44. The molecule has 0 atom stereocenters. The van der Waals surface area contributed by atoms with Gasteiger partial charge in [-0.15, -0.1) is 13.2 Å². The number of benzene rings is 2. The third-order valence-electron chi connectivity index (χ3n) is 2.84. The molecule has 2 nitrogen and oxygen atoms in total. The van der Waals surface area contributed by atoms with Gasteiger partial charge in [0.05, 0.1) is 0 Å². The summed E-state index contributed by atoms with van der Waals surface area (Å²) in [6.07, 6.45) is 5.45. The zero-order valence-electron chi connectivity index (χ0n) is 11.4. The van der Waals surface area contributed by atoms with Crippen molar-refractivity contribution >= 4 is 0 Å². The van der Waals surface area contributed by atoms with Crippen LogP contribution in [0.15, 0.2) is 73.8 Å². The first-order valence-corrected chi connectivity index (χ1v) is 6.56. The van der Waals surface area contributed by atoms with Crippen molar-refractivity contribution in [1.29, 1.82) is 0 Å². The van der Waals surface area contributed by atoms with Crippen molar-refractivity contribution in [2.24, 2.45) is 0 Å². The average molecular weight is 266 g/mol. The van der Waals surface area contributed by atoms with E-state index in [1.165, 1.54) is 11.1 Å². The molecule has 0 aromatic heterocycles. The average Bonchev–Trinajstić information content (AvgIpc) is 2.49. The van der Waals surface area contributed by atoms with E-state index in [2.05, 4.69) is 13.2 Å². The van der Waals surface area contributed by atoms with Crippen LogP contribution in [0.1, 0.15) is 11.1 Å². The van der Waals surface area contributed by atoms with Crippen LogP contribution in [0.4, 0.5) is 0 Å². The van der Waals surface area contributed by atoms with Gasteiger partial charge in [-0.1, -0.05) is 36.4 Å². The first-order valence-electron chi connectivity index (χ1n) is 6.56. The molecule has 0 N–H and O–H groups in total. The lowest BCUT2D eigenvalue weighted by atomic mass is 10.1. The quantitative estimate of drug-likeness (QED) is 0.417. The maximum Gasteiger partial charge on any atom is 0.178 e. The highest BCUT2D eigenvalue weighted by molar-refractivity contribution is 5.30. The molecule has 0 radical (unpaired) electrons. The maximum absolute atomic E-state index is 5.28. The van der Waals surface area contributed by atoms with Gasteiger partial charge in [-0.2, -0.15) is 0 Å². The van der Waals surface area contributed by atoms with E-state index in [1.807, 2.05) is 60.7 Å². The fourth-order valence-electron chi connectivity index (χ4n) is 1.79. The van der Waals surface area contributed by atoms with Crippen LogP contribution in [-0.2, 0) is 12.8 Å². The van der Waals surface area contributed by atoms with Crippen molar-refractivity contribution in [3.05, 3.63) is 85.0 Å². The van der Waals surface area contributed by atoms with Gasteiger partial charge in [0.25, 0.3) is 0 Å². The third-order valence-corrected chi connectivity index (χ3v) is 2.84. The van der Waals surface area contributed by atoms with Crippen molar-refractivity contribution < 1.29 is 9.78 Å². The van der Waals surface area contributed by atoms with Crippen LogP contribution in [0.3, 0.4) is 0 Å².